The Balaban J connectivity index is 3.48. The third-order valence-corrected chi connectivity index (χ3v) is 2.99. The molecule has 14 nitrogen and oxygen atoms in total. The predicted octanol–water partition coefficient (Wildman–Crippen LogP) is -3.32. The average Bonchev–Trinajstić information content (AvgIpc) is 2.66. The number of hydrogen-bond acceptors (Lipinski definition) is 14. The minimum absolute atomic E-state index is 0.644. The summed E-state index contributed by atoms with van der Waals surface area (Å²) < 4.78 is 4.46. The molecular weight excluding hydrogens is 392 g/mol. The maximum atomic E-state index is 12.1. The first-order chi connectivity index (χ1) is 13.1. The molecule has 0 fully saturated rings. The Labute approximate surface area is 155 Å². The Hall–Kier alpha value is -3.07. The first kappa shape index (κ1) is 23.0. The topological polar surface area (TPSA) is 212 Å². The van der Waals surface area contributed by atoms with E-state index in [9.17, 15) is 39.3 Å². The van der Waals surface area contributed by atoms with Gasteiger partial charge in [0.25, 0.3) is 0 Å². The van der Waals surface area contributed by atoms with Gasteiger partial charge in [-0.2, -0.15) is 0 Å². The van der Waals surface area contributed by atoms with Crippen LogP contribution in [0.5, 0.6) is 0 Å². The minimum atomic E-state index is -2.43. The van der Waals surface area contributed by atoms with Crippen LogP contribution in [0.15, 0.2) is 11.3 Å². The molecule has 0 aromatic carbocycles. The Morgan fingerprint density at radius 3 is 1.93 bits per heavy atom. The van der Waals surface area contributed by atoms with Crippen molar-refractivity contribution in [2.24, 2.45) is 0 Å². The van der Waals surface area contributed by atoms with Gasteiger partial charge in [-0.1, -0.05) is 0 Å². The van der Waals surface area contributed by atoms with E-state index in [2.05, 4.69) is 24.3 Å². The molecule has 0 saturated carbocycles. The van der Waals surface area contributed by atoms with Gasteiger partial charge < -0.3 is 25.2 Å². The highest BCUT2D eigenvalue weighted by Gasteiger charge is 2.38. The second kappa shape index (κ2) is 10.3. The van der Waals surface area contributed by atoms with E-state index in [1.165, 1.54) is 0 Å². The van der Waals surface area contributed by atoms with Gasteiger partial charge in [0.05, 0.1) is 19.4 Å². The van der Waals surface area contributed by atoms with Crippen molar-refractivity contribution in [1.82, 2.24) is 0 Å². The lowest BCUT2D eigenvalue weighted by atomic mass is 10.0. The van der Waals surface area contributed by atoms with Crippen molar-refractivity contribution in [3.63, 3.8) is 0 Å². The molecule has 14 heteroatoms. The zero-order valence-corrected chi connectivity index (χ0v) is 14.2. The molecule has 28 heavy (non-hydrogen) atoms. The highest BCUT2D eigenvalue weighted by Crippen LogP contribution is 2.20. The first-order valence-electron chi connectivity index (χ1n) is 7.52. The van der Waals surface area contributed by atoms with E-state index in [4.69, 9.17) is 5.11 Å². The number of aliphatic hydroxyl groups is 4. The number of ether oxygens (including phenoxy) is 1. The second-order valence-electron chi connectivity index (χ2n) is 5.19. The standard InChI is InChI=1S/C14H16O14/c1-5(16)12(21)24-11-9(10(20)6(17)4-15)13(22)27-25-7(18)2-3-8(19)26-28-14(11)23/h5-6,10,15-17,20H,2-4H2,1H3/b11-9+. The van der Waals surface area contributed by atoms with Gasteiger partial charge in [-0.25, -0.2) is 43.5 Å². The first-order valence-corrected chi connectivity index (χ1v) is 7.52. The van der Waals surface area contributed by atoms with E-state index in [1.54, 1.807) is 0 Å². The van der Waals surface area contributed by atoms with Gasteiger partial charge in [0.1, 0.15) is 23.9 Å². The minimum Gasteiger partial charge on any atom is -0.416 e. The summed E-state index contributed by atoms with van der Waals surface area (Å²) in [4.78, 5) is 74.9. The van der Waals surface area contributed by atoms with E-state index in [0.29, 0.717) is 0 Å². The van der Waals surface area contributed by atoms with E-state index in [0.717, 1.165) is 6.92 Å². The Bertz CT molecular complexity index is 678. The van der Waals surface area contributed by atoms with Crippen molar-refractivity contribution in [3.8, 4) is 0 Å². The van der Waals surface area contributed by atoms with E-state index in [-0.39, 0.29) is 0 Å². The molecule has 3 unspecified atom stereocenters. The quantitative estimate of drug-likeness (QED) is 0.259. The smallest absolute Gasteiger partial charge is 0.416 e. The van der Waals surface area contributed by atoms with Crippen LogP contribution in [-0.2, 0) is 48.3 Å². The Kier molecular flexibility index (Phi) is 8.46. The summed E-state index contributed by atoms with van der Waals surface area (Å²) in [6.45, 7) is -0.220. The van der Waals surface area contributed by atoms with Crippen molar-refractivity contribution in [3.05, 3.63) is 11.3 Å². The van der Waals surface area contributed by atoms with Gasteiger partial charge in [-0.05, 0) is 6.92 Å². The SMILES string of the molecule is CC(O)C(=O)O/C1=C(\C(O)C(O)CO)C(=O)OOC(=O)CCC(=O)OOC1=O. The fourth-order valence-electron chi connectivity index (χ4n) is 1.57. The van der Waals surface area contributed by atoms with Crippen molar-refractivity contribution in [2.75, 3.05) is 6.61 Å². The zero-order valence-electron chi connectivity index (χ0n) is 14.2. The molecule has 1 heterocycles. The molecule has 0 aromatic rings. The maximum absolute atomic E-state index is 12.1. The number of carbonyl (C=O) groups is 5. The fraction of sp³-hybridized carbons (Fsp3) is 0.500. The molecule has 1 aliphatic rings. The third-order valence-electron chi connectivity index (χ3n) is 2.99. The number of aliphatic hydroxyl groups excluding tert-OH is 4. The van der Waals surface area contributed by atoms with Crippen molar-refractivity contribution in [1.29, 1.82) is 0 Å². The molecule has 1 rings (SSSR count). The molecule has 0 spiro atoms. The Morgan fingerprint density at radius 1 is 0.964 bits per heavy atom. The fourth-order valence-corrected chi connectivity index (χ4v) is 1.57. The van der Waals surface area contributed by atoms with Crippen LogP contribution >= 0.6 is 0 Å². The van der Waals surface area contributed by atoms with Crippen LogP contribution in [0.1, 0.15) is 19.8 Å². The highest BCUT2D eigenvalue weighted by atomic mass is 17.2. The molecule has 1 aliphatic heterocycles. The zero-order chi connectivity index (χ0) is 21.4. The van der Waals surface area contributed by atoms with Gasteiger partial charge in [0.15, 0.2) is 0 Å². The summed E-state index contributed by atoms with van der Waals surface area (Å²) in [6.07, 6.45) is -7.66. The van der Waals surface area contributed by atoms with Gasteiger partial charge >= 0.3 is 29.8 Å². The highest BCUT2D eigenvalue weighted by molar-refractivity contribution is 6.01. The lowest BCUT2D eigenvalue weighted by molar-refractivity contribution is -0.264. The van der Waals surface area contributed by atoms with Crippen molar-refractivity contribution >= 4 is 29.8 Å². The molecule has 0 aliphatic carbocycles. The van der Waals surface area contributed by atoms with Crippen LogP contribution in [-0.4, -0.2) is 75.2 Å². The molecule has 156 valence electrons. The maximum Gasteiger partial charge on any atom is 0.421 e. The van der Waals surface area contributed by atoms with Gasteiger partial charge in [-0.15, -0.1) is 0 Å². The van der Waals surface area contributed by atoms with E-state index < -0.39 is 78.9 Å². The van der Waals surface area contributed by atoms with E-state index in [1.807, 2.05) is 0 Å². The molecule has 0 aromatic heterocycles. The lowest BCUT2D eigenvalue weighted by Gasteiger charge is -2.20. The lowest BCUT2D eigenvalue weighted by Crippen LogP contribution is -2.38. The summed E-state index contributed by atoms with van der Waals surface area (Å²) in [5.74, 6) is -9.11. The normalized spacial score (nSPS) is 22.3. The summed E-state index contributed by atoms with van der Waals surface area (Å²) in [7, 11) is 0. The van der Waals surface area contributed by atoms with Crippen LogP contribution in [0.4, 0.5) is 0 Å². The van der Waals surface area contributed by atoms with Crippen LogP contribution in [0.25, 0.3) is 0 Å². The molecule has 3 atom stereocenters. The van der Waals surface area contributed by atoms with Crippen molar-refractivity contribution < 1.29 is 68.7 Å². The summed E-state index contributed by atoms with van der Waals surface area (Å²) in [6, 6.07) is 0. The predicted molar refractivity (Wildman–Crippen MR) is 77.5 cm³/mol. The average molecular weight is 408 g/mol. The number of carbonyl (C=O) groups excluding carboxylic acids is 5. The molecule has 4 N–H and O–H groups in total. The van der Waals surface area contributed by atoms with Crippen LogP contribution in [0.2, 0.25) is 0 Å². The molecule has 0 amide bonds. The van der Waals surface area contributed by atoms with Crippen LogP contribution in [0.3, 0.4) is 0 Å². The van der Waals surface area contributed by atoms with Gasteiger partial charge in [-0.3, -0.25) is 0 Å². The largest absolute Gasteiger partial charge is 0.421 e. The molecule has 0 radical (unpaired) electrons. The number of rotatable bonds is 5. The Morgan fingerprint density at radius 2 is 1.46 bits per heavy atom. The summed E-state index contributed by atoms with van der Waals surface area (Å²) in [5.41, 5.74) is -1.34. The van der Waals surface area contributed by atoms with Crippen molar-refractivity contribution in [2.45, 2.75) is 38.1 Å². The summed E-state index contributed by atoms with van der Waals surface area (Å²) >= 11 is 0. The second-order valence-corrected chi connectivity index (χ2v) is 5.19. The van der Waals surface area contributed by atoms with Crippen LogP contribution < -0.4 is 0 Å². The summed E-state index contributed by atoms with van der Waals surface area (Å²) in [5, 5.41) is 37.7. The third kappa shape index (κ3) is 6.27. The monoisotopic (exact) mass is 408 g/mol. The van der Waals surface area contributed by atoms with Crippen LogP contribution in [0, 0.1) is 0 Å². The number of hydrogen-bond donors (Lipinski definition) is 4. The molecular formula is C14H16O14. The molecule has 0 bridgehead atoms. The molecule has 0 saturated heterocycles. The van der Waals surface area contributed by atoms with Gasteiger partial charge in [0, 0.05) is 0 Å². The number of esters is 1. The van der Waals surface area contributed by atoms with Gasteiger partial charge in [0.2, 0.25) is 5.76 Å². The van der Waals surface area contributed by atoms with E-state index >= 15 is 0 Å².